The van der Waals surface area contributed by atoms with E-state index in [2.05, 4.69) is 4.72 Å². The Bertz CT molecular complexity index is 959. The van der Waals surface area contributed by atoms with Gasteiger partial charge in [0.15, 0.2) is 0 Å². The fourth-order valence-electron chi connectivity index (χ4n) is 3.48. The summed E-state index contributed by atoms with van der Waals surface area (Å²) in [6.07, 6.45) is 2.92. The van der Waals surface area contributed by atoms with Gasteiger partial charge >= 0.3 is 0 Å². The van der Waals surface area contributed by atoms with Crippen molar-refractivity contribution in [3.8, 4) is 0 Å². The number of piperidine rings is 1. The molecule has 2 heterocycles. The van der Waals surface area contributed by atoms with Crippen LogP contribution in [0.25, 0.3) is 0 Å². The van der Waals surface area contributed by atoms with Gasteiger partial charge in [-0.15, -0.1) is 0 Å². The Hall–Kier alpha value is -2.35. The van der Waals surface area contributed by atoms with Gasteiger partial charge < -0.3 is 9.47 Å². The van der Waals surface area contributed by atoms with Gasteiger partial charge in [0, 0.05) is 37.2 Å². The van der Waals surface area contributed by atoms with Crippen LogP contribution in [-0.4, -0.2) is 36.9 Å². The van der Waals surface area contributed by atoms with Crippen molar-refractivity contribution in [1.82, 2.24) is 9.47 Å². The number of anilines is 1. The molecule has 1 amide bonds. The molecule has 146 valence electrons. The Morgan fingerprint density at radius 2 is 1.63 bits per heavy atom. The zero-order chi connectivity index (χ0) is 19.8. The molecule has 6 nitrogen and oxygen atoms in total. The summed E-state index contributed by atoms with van der Waals surface area (Å²) in [4.78, 5) is 14.8. The number of hydrogen-bond acceptors (Lipinski definition) is 3. The first-order valence-corrected chi connectivity index (χ1v) is 10.4. The summed E-state index contributed by atoms with van der Waals surface area (Å²) in [5, 5.41) is 0. The zero-order valence-electron chi connectivity index (χ0n) is 15.8. The molecule has 1 N–H and O–H groups in total. The van der Waals surface area contributed by atoms with Crippen LogP contribution in [-0.2, 0) is 17.1 Å². The summed E-state index contributed by atoms with van der Waals surface area (Å²) >= 11 is 0. The van der Waals surface area contributed by atoms with Crippen LogP contribution in [0.5, 0.6) is 0 Å². The Labute approximate surface area is 159 Å². The van der Waals surface area contributed by atoms with E-state index in [1.54, 1.807) is 30.4 Å². The van der Waals surface area contributed by atoms with Crippen molar-refractivity contribution in [3.63, 3.8) is 0 Å². The minimum absolute atomic E-state index is 0.0117. The number of halogens is 1. The standard InChI is InChI=1S/C19H24FN3O3S/c1-13-17(19(24)23-11-5-4-6-12-23)18(14(2)22(13)3)27(25,26)21-16-9-7-15(20)8-10-16/h7-10,21H,4-6,11-12H2,1-3H3. The number of nitrogens with zero attached hydrogens (tertiary/aromatic N) is 2. The maximum Gasteiger partial charge on any atom is 0.264 e. The number of nitrogens with one attached hydrogen (secondary N) is 1. The molecule has 0 spiro atoms. The summed E-state index contributed by atoms with van der Waals surface area (Å²) in [7, 11) is -2.27. The quantitative estimate of drug-likeness (QED) is 0.867. The second-order valence-corrected chi connectivity index (χ2v) is 8.52. The summed E-state index contributed by atoms with van der Waals surface area (Å²) in [5.74, 6) is -0.707. The number of carbonyl (C=O) groups is 1. The zero-order valence-corrected chi connectivity index (χ0v) is 16.6. The Morgan fingerprint density at radius 3 is 2.22 bits per heavy atom. The van der Waals surface area contributed by atoms with E-state index in [0.717, 1.165) is 19.3 Å². The third-order valence-electron chi connectivity index (χ3n) is 5.15. The molecule has 8 heteroatoms. The third-order valence-corrected chi connectivity index (χ3v) is 6.69. The SMILES string of the molecule is Cc1c(C(=O)N2CCCCC2)c(S(=O)(=O)Nc2ccc(F)cc2)c(C)n1C. The highest BCUT2D eigenvalue weighted by atomic mass is 32.2. The maximum absolute atomic E-state index is 13.1. The van der Waals surface area contributed by atoms with Gasteiger partial charge in [-0.3, -0.25) is 9.52 Å². The van der Waals surface area contributed by atoms with Crippen molar-refractivity contribution in [2.24, 2.45) is 7.05 Å². The smallest absolute Gasteiger partial charge is 0.264 e. The lowest BCUT2D eigenvalue weighted by Crippen LogP contribution is -2.36. The summed E-state index contributed by atoms with van der Waals surface area (Å²) < 4.78 is 43.5. The number of hydrogen-bond donors (Lipinski definition) is 1. The van der Waals surface area contributed by atoms with Gasteiger partial charge in [-0.2, -0.15) is 0 Å². The van der Waals surface area contributed by atoms with Crippen molar-refractivity contribution in [1.29, 1.82) is 0 Å². The van der Waals surface area contributed by atoms with Crippen LogP contribution >= 0.6 is 0 Å². The predicted octanol–water partition coefficient (Wildman–Crippen LogP) is 3.21. The van der Waals surface area contributed by atoms with E-state index in [-0.39, 0.29) is 22.1 Å². The molecule has 0 bridgehead atoms. The van der Waals surface area contributed by atoms with E-state index in [1.807, 2.05) is 0 Å². The van der Waals surface area contributed by atoms with Gasteiger partial charge in [-0.05, 0) is 57.4 Å². The fourth-order valence-corrected chi connectivity index (χ4v) is 5.05. The first-order valence-electron chi connectivity index (χ1n) is 8.96. The van der Waals surface area contributed by atoms with Gasteiger partial charge in [0.2, 0.25) is 0 Å². The summed E-state index contributed by atoms with van der Waals surface area (Å²) in [5.41, 5.74) is 1.56. The molecule has 1 fully saturated rings. The minimum atomic E-state index is -4.01. The number of amides is 1. The number of carbonyl (C=O) groups excluding carboxylic acids is 1. The van der Waals surface area contributed by atoms with Gasteiger partial charge in [0.25, 0.3) is 15.9 Å². The molecule has 27 heavy (non-hydrogen) atoms. The molecular formula is C19H24FN3O3S. The lowest BCUT2D eigenvalue weighted by Gasteiger charge is -2.27. The molecule has 1 aromatic carbocycles. The highest BCUT2D eigenvalue weighted by Crippen LogP contribution is 2.30. The molecule has 0 saturated carbocycles. The van der Waals surface area contributed by atoms with Gasteiger partial charge in [0.05, 0.1) is 5.56 Å². The molecule has 0 atom stereocenters. The highest BCUT2D eigenvalue weighted by molar-refractivity contribution is 7.92. The van der Waals surface area contributed by atoms with E-state index < -0.39 is 15.8 Å². The Kier molecular flexibility index (Phi) is 5.28. The van der Waals surface area contributed by atoms with E-state index in [4.69, 9.17) is 0 Å². The van der Waals surface area contributed by atoms with Crippen LogP contribution in [0.2, 0.25) is 0 Å². The van der Waals surface area contributed by atoms with Crippen LogP contribution in [0, 0.1) is 19.7 Å². The third kappa shape index (κ3) is 3.71. The first-order chi connectivity index (χ1) is 12.7. The monoisotopic (exact) mass is 393 g/mol. The number of benzene rings is 1. The average Bonchev–Trinajstić information content (AvgIpc) is 2.88. The highest BCUT2D eigenvalue weighted by Gasteiger charge is 2.33. The van der Waals surface area contributed by atoms with E-state index in [9.17, 15) is 17.6 Å². The largest absolute Gasteiger partial charge is 0.350 e. The van der Waals surface area contributed by atoms with Crippen molar-refractivity contribution in [2.75, 3.05) is 17.8 Å². The molecular weight excluding hydrogens is 369 g/mol. The average molecular weight is 393 g/mol. The second-order valence-electron chi connectivity index (χ2n) is 6.90. The molecule has 0 radical (unpaired) electrons. The van der Waals surface area contributed by atoms with Crippen molar-refractivity contribution in [2.45, 2.75) is 38.0 Å². The molecule has 1 aromatic heterocycles. The molecule has 0 unspecified atom stereocenters. The maximum atomic E-state index is 13.1. The van der Waals surface area contributed by atoms with Crippen LogP contribution < -0.4 is 4.72 Å². The first kappa shape index (κ1) is 19.4. The minimum Gasteiger partial charge on any atom is -0.350 e. The fraction of sp³-hybridized carbons (Fsp3) is 0.421. The van der Waals surface area contributed by atoms with Crippen molar-refractivity contribution in [3.05, 3.63) is 47.0 Å². The van der Waals surface area contributed by atoms with E-state index in [0.29, 0.717) is 24.5 Å². The van der Waals surface area contributed by atoms with Gasteiger partial charge in [0.1, 0.15) is 10.7 Å². The summed E-state index contributed by atoms with van der Waals surface area (Å²) in [6.45, 7) is 4.70. The lowest BCUT2D eigenvalue weighted by atomic mass is 10.1. The Balaban J connectivity index is 2.04. The second kappa shape index (κ2) is 7.34. The number of sulfonamides is 1. The normalized spacial score (nSPS) is 15.0. The molecule has 1 saturated heterocycles. The number of likely N-dealkylation sites (tertiary alicyclic amines) is 1. The van der Waals surface area contributed by atoms with Crippen molar-refractivity contribution < 1.29 is 17.6 Å². The van der Waals surface area contributed by atoms with Gasteiger partial charge in [-0.25, -0.2) is 12.8 Å². The molecule has 3 rings (SSSR count). The lowest BCUT2D eigenvalue weighted by molar-refractivity contribution is 0.0720. The van der Waals surface area contributed by atoms with Crippen LogP contribution in [0.1, 0.15) is 41.0 Å². The van der Waals surface area contributed by atoms with Crippen LogP contribution in [0.4, 0.5) is 10.1 Å². The van der Waals surface area contributed by atoms with Crippen molar-refractivity contribution >= 4 is 21.6 Å². The summed E-state index contributed by atoms with van der Waals surface area (Å²) in [6, 6.07) is 5.07. The van der Waals surface area contributed by atoms with Gasteiger partial charge in [-0.1, -0.05) is 0 Å². The molecule has 0 aliphatic carbocycles. The van der Waals surface area contributed by atoms with Crippen LogP contribution in [0.3, 0.4) is 0 Å². The molecule has 1 aliphatic heterocycles. The molecule has 1 aliphatic rings. The number of rotatable bonds is 4. The predicted molar refractivity (Wildman–Crippen MR) is 102 cm³/mol. The van der Waals surface area contributed by atoms with E-state index in [1.165, 1.54) is 24.3 Å². The Morgan fingerprint density at radius 1 is 1.04 bits per heavy atom. The topological polar surface area (TPSA) is 71.4 Å². The number of aromatic nitrogens is 1. The van der Waals surface area contributed by atoms with Crippen LogP contribution in [0.15, 0.2) is 29.2 Å². The molecule has 2 aromatic rings. The van der Waals surface area contributed by atoms with E-state index >= 15 is 0 Å².